The lowest BCUT2D eigenvalue weighted by Crippen LogP contribution is -2.45. The molecule has 0 saturated carbocycles. The molecule has 1 aromatic heterocycles. The number of hydrogen-bond acceptors (Lipinski definition) is 10. The number of aliphatic hydroxyl groups excluding tert-OH is 1. The van der Waals surface area contributed by atoms with Crippen molar-refractivity contribution in [1.82, 2.24) is 26.1 Å². The van der Waals surface area contributed by atoms with E-state index in [1.54, 1.807) is 47.7 Å². The summed E-state index contributed by atoms with van der Waals surface area (Å²) in [6.07, 6.45) is -0.0858. The number of H-pyrrole nitrogens is 1. The Labute approximate surface area is 265 Å². The zero-order valence-electron chi connectivity index (χ0n) is 27.6. The van der Waals surface area contributed by atoms with E-state index in [-0.39, 0.29) is 12.5 Å². The number of nitrogens with one attached hydrogen (secondary N) is 4. The fraction of sp³-hybridized carbons (Fsp3) is 0.600. The van der Waals surface area contributed by atoms with Crippen LogP contribution in [-0.4, -0.2) is 61.2 Å². The zero-order valence-corrected chi connectivity index (χ0v) is 28.4. The van der Waals surface area contributed by atoms with Crippen molar-refractivity contribution in [3.05, 3.63) is 46.0 Å². The highest BCUT2D eigenvalue weighted by Gasteiger charge is 2.27. The molecule has 1 aromatic carbocycles. The van der Waals surface area contributed by atoms with Crippen molar-refractivity contribution in [1.29, 1.82) is 0 Å². The van der Waals surface area contributed by atoms with Crippen LogP contribution in [0.2, 0.25) is 0 Å². The number of aryl methyl sites for hydroxylation is 3. The average molecular weight is 637 g/mol. The van der Waals surface area contributed by atoms with Crippen LogP contribution >= 0.6 is 0 Å². The van der Waals surface area contributed by atoms with E-state index in [0.717, 1.165) is 27.9 Å². The number of hydrogen-bond donors (Lipinski definition) is 5. The highest BCUT2D eigenvalue weighted by Crippen LogP contribution is 2.28. The third-order valence-corrected chi connectivity index (χ3v) is 6.18. The molecule has 246 valence electrons. The lowest BCUT2D eigenvalue weighted by molar-refractivity contribution is 0.0403. The van der Waals surface area contributed by atoms with Crippen LogP contribution in [0.1, 0.15) is 94.3 Å². The summed E-state index contributed by atoms with van der Waals surface area (Å²) in [5, 5.41) is 16.3. The van der Waals surface area contributed by atoms with E-state index in [1.807, 2.05) is 40.7 Å². The number of nitrogens with zero attached hydrogens (tertiary/aromatic N) is 2. The van der Waals surface area contributed by atoms with E-state index in [9.17, 15) is 14.7 Å². The van der Waals surface area contributed by atoms with Crippen LogP contribution in [0.15, 0.2) is 17.3 Å². The molecule has 2 amide bonds. The van der Waals surface area contributed by atoms with Gasteiger partial charge >= 0.3 is 12.2 Å². The Bertz CT molecular complexity index is 1280. The van der Waals surface area contributed by atoms with Gasteiger partial charge < -0.3 is 29.7 Å². The minimum absolute atomic E-state index is 0.0557. The van der Waals surface area contributed by atoms with Crippen molar-refractivity contribution in [3.63, 3.8) is 0 Å². The Morgan fingerprint density at radius 1 is 0.977 bits per heavy atom. The molecule has 0 aliphatic heterocycles. The molecule has 0 aliphatic carbocycles. The first-order chi connectivity index (χ1) is 20.4. The molecule has 0 spiro atoms. The van der Waals surface area contributed by atoms with E-state index in [4.69, 9.17) is 18.5 Å². The maximum Gasteiger partial charge on any atom is 0.414 e. The Kier molecular flexibility index (Phi) is 14.7. The topological polar surface area (TPSA) is 176 Å². The molecule has 0 saturated heterocycles. The molecule has 5 N–H and O–H groups in total. The summed E-state index contributed by atoms with van der Waals surface area (Å²) in [5.74, 6) is 1.02. The number of ether oxygens (including phenoxy) is 2. The van der Waals surface area contributed by atoms with Crippen LogP contribution in [0, 0.1) is 34.6 Å². The second-order valence-corrected chi connectivity index (χ2v) is 12.4. The monoisotopic (exact) mass is 636 g/mol. The Morgan fingerprint density at radius 2 is 1.57 bits per heavy atom. The van der Waals surface area contributed by atoms with E-state index in [0.29, 0.717) is 24.4 Å². The predicted molar refractivity (Wildman–Crippen MR) is 170 cm³/mol. The molecule has 2 rings (SSSR count). The van der Waals surface area contributed by atoms with E-state index < -0.39 is 35.5 Å². The summed E-state index contributed by atoms with van der Waals surface area (Å²) in [4.78, 5) is 42.6. The SMILES string of the molecule is Cc1cnc(C(O)C(CCCN=C(NOc2c(C)cc(C)c(C)c2C)NC(=O)OC(C)(C)C)NC(=O)OC(C)(C)C)[nH]1.O=S. The van der Waals surface area contributed by atoms with E-state index in [2.05, 4.69) is 43.6 Å². The second-order valence-electron chi connectivity index (χ2n) is 12.4. The fourth-order valence-corrected chi connectivity index (χ4v) is 4.06. The molecular formula is C30H48N6O7S. The number of imidazole rings is 1. The van der Waals surface area contributed by atoms with Gasteiger partial charge in [0, 0.05) is 18.4 Å². The standard InChI is InChI=1S/C30H48N6O6.OS/c1-17-15-18(2)24(21(5)20(17)4)42-36-26(35-28(39)41-30(9,10)11)31-14-12-13-22(34-27(38)40-29(6,7)8)23(37)25-32-16-19(3)33-25;1-2/h15-16,22-23,37H,12-14H2,1-11H3,(H,32,33)(H,34,38)(H2,31,35,36,39);. The summed E-state index contributed by atoms with van der Waals surface area (Å²) in [5.41, 5.74) is 6.28. The minimum atomic E-state index is -1.10. The predicted octanol–water partition coefficient (Wildman–Crippen LogP) is 4.79. The molecule has 2 aromatic rings. The summed E-state index contributed by atoms with van der Waals surface area (Å²) in [6, 6.07) is 1.31. The molecule has 0 aliphatic rings. The quantitative estimate of drug-likeness (QED) is 0.111. The summed E-state index contributed by atoms with van der Waals surface area (Å²) >= 11 is 2.83. The van der Waals surface area contributed by atoms with E-state index >= 15 is 0 Å². The molecule has 13 nitrogen and oxygen atoms in total. The summed E-state index contributed by atoms with van der Waals surface area (Å²) < 4.78 is 18.6. The Balaban J connectivity index is 0.00000474. The number of carbonyl (C=O) groups is 2. The van der Waals surface area contributed by atoms with Crippen molar-refractivity contribution in [3.8, 4) is 5.75 Å². The van der Waals surface area contributed by atoms with Crippen molar-refractivity contribution >= 4 is 30.7 Å². The number of rotatable bonds is 9. The Morgan fingerprint density at radius 3 is 2.11 bits per heavy atom. The molecule has 0 bridgehead atoms. The minimum Gasteiger partial charge on any atom is -0.444 e. The molecule has 14 heteroatoms. The molecule has 0 fully saturated rings. The zero-order chi connectivity index (χ0) is 33.8. The number of aromatic amines is 1. The molecular weight excluding hydrogens is 588 g/mol. The number of hydroxylamine groups is 1. The number of guanidine groups is 1. The van der Waals surface area contributed by atoms with Gasteiger partial charge in [0.1, 0.15) is 23.1 Å². The van der Waals surface area contributed by atoms with Gasteiger partial charge in [-0.05, 0) is 111 Å². The van der Waals surface area contributed by atoms with Gasteiger partial charge in [-0.1, -0.05) is 6.07 Å². The number of aliphatic hydroxyl groups is 1. The smallest absolute Gasteiger partial charge is 0.414 e. The number of benzene rings is 1. The molecule has 44 heavy (non-hydrogen) atoms. The first-order valence-electron chi connectivity index (χ1n) is 14.3. The number of aliphatic imine (C=N–C) groups is 1. The molecule has 1 heterocycles. The van der Waals surface area contributed by atoms with E-state index in [1.165, 1.54) is 0 Å². The van der Waals surface area contributed by atoms with Gasteiger partial charge in [0.2, 0.25) is 5.96 Å². The maximum absolute atomic E-state index is 12.5. The lowest BCUT2D eigenvalue weighted by Gasteiger charge is -2.26. The molecule has 2 atom stereocenters. The second kappa shape index (κ2) is 16.9. The summed E-state index contributed by atoms with van der Waals surface area (Å²) in [7, 11) is 0. The number of amides is 2. The highest BCUT2D eigenvalue weighted by molar-refractivity contribution is 7.44. The van der Waals surface area contributed by atoms with Crippen LogP contribution in [0.25, 0.3) is 0 Å². The van der Waals surface area contributed by atoms with Gasteiger partial charge in [0.25, 0.3) is 0 Å². The van der Waals surface area contributed by atoms with Gasteiger partial charge in [0.15, 0.2) is 18.3 Å². The van der Waals surface area contributed by atoms with Gasteiger partial charge in [0.05, 0.1) is 6.04 Å². The number of aromatic nitrogens is 2. The van der Waals surface area contributed by atoms with Crippen molar-refractivity contribution in [2.75, 3.05) is 6.54 Å². The molecule has 0 radical (unpaired) electrons. The highest BCUT2D eigenvalue weighted by atomic mass is 32.1. The molecule has 2 unspecified atom stereocenters. The van der Waals surface area contributed by atoms with Crippen LogP contribution in [0.3, 0.4) is 0 Å². The number of alkyl carbamates (subject to hydrolysis) is 2. The van der Waals surface area contributed by atoms with Gasteiger partial charge in [-0.15, -0.1) is 0 Å². The van der Waals surface area contributed by atoms with Crippen molar-refractivity contribution in [2.24, 2.45) is 4.99 Å². The first-order valence-corrected chi connectivity index (χ1v) is 14.6. The third-order valence-electron chi connectivity index (χ3n) is 6.18. The average Bonchev–Trinajstić information content (AvgIpc) is 3.33. The lowest BCUT2D eigenvalue weighted by atomic mass is 10.00. The van der Waals surface area contributed by atoms with Gasteiger partial charge in [-0.2, -0.15) is 9.69 Å². The largest absolute Gasteiger partial charge is 0.444 e. The maximum atomic E-state index is 12.5. The van der Waals surface area contributed by atoms with Gasteiger partial charge in [-0.25, -0.2) is 14.6 Å². The number of carbonyl (C=O) groups excluding carboxylic acids is 2. The normalized spacial score (nSPS) is 13.1. The van der Waals surface area contributed by atoms with Crippen molar-refractivity contribution < 1.29 is 33.2 Å². The fourth-order valence-electron chi connectivity index (χ4n) is 4.06. The Hall–Kier alpha value is -3.78. The van der Waals surface area contributed by atoms with Crippen LogP contribution < -0.4 is 21.0 Å². The van der Waals surface area contributed by atoms with Gasteiger partial charge in [-0.3, -0.25) is 10.3 Å². The van der Waals surface area contributed by atoms with Crippen LogP contribution in [0.5, 0.6) is 5.75 Å². The van der Waals surface area contributed by atoms with Crippen molar-refractivity contribution in [2.45, 2.75) is 112 Å². The first kappa shape index (κ1) is 38.2. The van der Waals surface area contributed by atoms with Crippen LogP contribution in [0.4, 0.5) is 9.59 Å². The van der Waals surface area contributed by atoms with Crippen LogP contribution in [-0.2, 0) is 22.0 Å². The third kappa shape index (κ3) is 13.2. The summed E-state index contributed by atoms with van der Waals surface area (Å²) in [6.45, 7) is 20.6.